The zero-order chi connectivity index (χ0) is 18.2. The molecule has 0 aliphatic carbocycles. The van der Waals surface area contributed by atoms with Gasteiger partial charge in [0.1, 0.15) is 42.7 Å². The summed E-state index contributed by atoms with van der Waals surface area (Å²) >= 11 is 0. The minimum absolute atomic E-state index is 0.724. The third kappa shape index (κ3) is 3.52. The molecular weight excluding hydrogens is 336 g/mol. The zero-order valence-corrected chi connectivity index (χ0v) is 12.2. The molecule has 0 radical (unpaired) electrons. The second-order valence-corrected chi connectivity index (χ2v) is 5.57. The van der Waals surface area contributed by atoms with E-state index in [1.54, 1.807) is 0 Å². The lowest BCUT2D eigenvalue weighted by molar-refractivity contribution is -0.372. The van der Waals surface area contributed by atoms with Crippen molar-refractivity contribution < 1.29 is 59.9 Å². The highest BCUT2D eigenvalue weighted by molar-refractivity contribution is 5.73. The maximum atomic E-state index is 11.0. The van der Waals surface area contributed by atoms with Crippen molar-refractivity contribution in [3.63, 3.8) is 0 Å². The van der Waals surface area contributed by atoms with Gasteiger partial charge < -0.3 is 55.1 Å². The Kier molecular flexibility index (Phi) is 6.09. The summed E-state index contributed by atoms with van der Waals surface area (Å²) in [5.41, 5.74) is 0. The molecule has 140 valence electrons. The summed E-state index contributed by atoms with van der Waals surface area (Å²) in [4.78, 5) is 11.0. The number of hydrogen-bond donors (Lipinski definition) is 8. The summed E-state index contributed by atoms with van der Waals surface area (Å²) in [5, 5.41) is 76.1. The van der Waals surface area contributed by atoms with E-state index in [9.17, 15) is 35.4 Å². The molecule has 2 aliphatic rings. The fourth-order valence-electron chi connectivity index (χ4n) is 2.48. The van der Waals surface area contributed by atoms with E-state index in [-0.39, 0.29) is 0 Å². The number of aliphatic hydroxyl groups excluding tert-OH is 7. The first-order chi connectivity index (χ1) is 11.2. The molecule has 12 heteroatoms. The van der Waals surface area contributed by atoms with E-state index < -0.39 is 74.0 Å². The van der Waals surface area contributed by atoms with Crippen LogP contribution in [0.3, 0.4) is 0 Å². The van der Waals surface area contributed by atoms with Crippen molar-refractivity contribution in [1.29, 1.82) is 0 Å². The standard InChI is InChI=1S/C12H20O12/c13-1-2-3(14)4(15)7(18)11(22-2)24-12-8(19)5(16)6(17)9(23-12)10(20)21/h2-9,11-19H,1H2,(H,20,21)/t2-,3-,4+,5+,6+,7+,8-,9+,11?,12-/m1/s1. The van der Waals surface area contributed by atoms with Crippen LogP contribution in [0.25, 0.3) is 0 Å². The molecule has 0 amide bonds. The Morgan fingerprint density at radius 1 is 0.792 bits per heavy atom. The highest BCUT2D eigenvalue weighted by Gasteiger charge is 2.51. The second-order valence-electron chi connectivity index (χ2n) is 5.57. The molecule has 0 saturated carbocycles. The van der Waals surface area contributed by atoms with E-state index in [1.807, 2.05) is 0 Å². The number of carboxylic acids is 1. The van der Waals surface area contributed by atoms with Crippen molar-refractivity contribution in [3.05, 3.63) is 0 Å². The molecule has 24 heavy (non-hydrogen) atoms. The maximum absolute atomic E-state index is 11.0. The Bertz CT molecular complexity index is 444. The molecule has 0 aromatic heterocycles. The molecule has 2 heterocycles. The minimum atomic E-state index is -1.92. The topological polar surface area (TPSA) is 207 Å². The summed E-state index contributed by atoms with van der Waals surface area (Å²) in [6.07, 6.45) is -17.7. The number of aliphatic carboxylic acids is 1. The summed E-state index contributed by atoms with van der Waals surface area (Å²) in [6.45, 7) is -0.724. The first-order valence-corrected chi connectivity index (χ1v) is 7.07. The summed E-state index contributed by atoms with van der Waals surface area (Å²) in [6, 6.07) is 0. The van der Waals surface area contributed by atoms with Crippen LogP contribution in [0, 0.1) is 0 Å². The Morgan fingerprint density at radius 3 is 1.79 bits per heavy atom. The number of carboxylic acid groups (broad SMARTS) is 1. The van der Waals surface area contributed by atoms with Gasteiger partial charge in [-0.3, -0.25) is 0 Å². The SMILES string of the molecule is O=C(O)[C@H]1O[C@H](OC2O[C@H](CO)[C@@H](O)[C@H](O)[C@@H]2O)[C@H](O)[C@@H](O)[C@@H]1O. The summed E-state index contributed by atoms with van der Waals surface area (Å²) in [5.74, 6) is -1.63. The van der Waals surface area contributed by atoms with Crippen LogP contribution in [0.2, 0.25) is 0 Å². The van der Waals surface area contributed by atoms with Gasteiger partial charge in [-0.2, -0.15) is 0 Å². The van der Waals surface area contributed by atoms with Crippen molar-refractivity contribution in [2.75, 3.05) is 6.61 Å². The average Bonchev–Trinajstić information content (AvgIpc) is 2.55. The maximum Gasteiger partial charge on any atom is 0.335 e. The van der Waals surface area contributed by atoms with Crippen LogP contribution < -0.4 is 0 Å². The lowest BCUT2D eigenvalue weighted by Crippen LogP contribution is -2.64. The Balaban J connectivity index is 2.11. The van der Waals surface area contributed by atoms with Crippen molar-refractivity contribution in [1.82, 2.24) is 0 Å². The smallest absolute Gasteiger partial charge is 0.335 e. The molecule has 0 aromatic rings. The zero-order valence-electron chi connectivity index (χ0n) is 12.2. The van der Waals surface area contributed by atoms with Gasteiger partial charge in [-0.05, 0) is 0 Å². The molecule has 10 atom stereocenters. The first kappa shape index (κ1) is 19.4. The second kappa shape index (κ2) is 7.53. The molecule has 2 aliphatic heterocycles. The number of carbonyl (C=O) groups is 1. The Morgan fingerprint density at radius 2 is 1.29 bits per heavy atom. The molecule has 12 nitrogen and oxygen atoms in total. The molecule has 8 N–H and O–H groups in total. The molecule has 0 aromatic carbocycles. The lowest BCUT2D eigenvalue weighted by Gasteiger charge is -2.44. The number of rotatable bonds is 4. The van der Waals surface area contributed by atoms with Crippen LogP contribution in [-0.4, -0.2) is 115 Å². The van der Waals surface area contributed by atoms with Gasteiger partial charge in [-0.25, -0.2) is 4.79 Å². The van der Waals surface area contributed by atoms with Crippen LogP contribution in [-0.2, 0) is 19.0 Å². The van der Waals surface area contributed by atoms with E-state index >= 15 is 0 Å². The fraction of sp³-hybridized carbons (Fsp3) is 0.917. The third-order valence-electron chi connectivity index (χ3n) is 3.93. The van der Waals surface area contributed by atoms with Gasteiger partial charge in [0.15, 0.2) is 18.7 Å². The minimum Gasteiger partial charge on any atom is -0.479 e. The van der Waals surface area contributed by atoms with E-state index in [1.165, 1.54) is 0 Å². The lowest BCUT2D eigenvalue weighted by atomic mass is 9.98. The van der Waals surface area contributed by atoms with E-state index in [4.69, 9.17) is 24.4 Å². The third-order valence-corrected chi connectivity index (χ3v) is 3.93. The fourth-order valence-corrected chi connectivity index (χ4v) is 2.48. The normalized spacial score (nSPS) is 49.8. The van der Waals surface area contributed by atoms with Gasteiger partial charge in [0.05, 0.1) is 6.61 Å². The van der Waals surface area contributed by atoms with Gasteiger partial charge in [0, 0.05) is 0 Å². The van der Waals surface area contributed by atoms with E-state index in [2.05, 4.69) is 0 Å². The quantitative estimate of drug-likeness (QED) is 0.238. The molecule has 0 spiro atoms. The molecule has 2 fully saturated rings. The molecule has 2 rings (SSSR count). The van der Waals surface area contributed by atoms with Gasteiger partial charge in [-0.1, -0.05) is 0 Å². The molecule has 1 unspecified atom stereocenters. The van der Waals surface area contributed by atoms with Gasteiger partial charge in [-0.15, -0.1) is 0 Å². The summed E-state index contributed by atoms with van der Waals surface area (Å²) < 4.78 is 14.9. The highest BCUT2D eigenvalue weighted by atomic mass is 16.8. The van der Waals surface area contributed by atoms with Crippen LogP contribution in [0.1, 0.15) is 0 Å². The van der Waals surface area contributed by atoms with Crippen molar-refractivity contribution in [3.8, 4) is 0 Å². The predicted molar refractivity (Wildman–Crippen MR) is 69.2 cm³/mol. The van der Waals surface area contributed by atoms with Crippen LogP contribution in [0.4, 0.5) is 0 Å². The van der Waals surface area contributed by atoms with Crippen LogP contribution in [0.15, 0.2) is 0 Å². The summed E-state index contributed by atoms with van der Waals surface area (Å²) in [7, 11) is 0. The number of hydrogen-bond acceptors (Lipinski definition) is 11. The highest BCUT2D eigenvalue weighted by Crippen LogP contribution is 2.28. The van der Waals surface area contributed by atoms with E-state index in [0.29, 0.717) is 0 Å². The Hall–Kier alpha value is -0.930. The molecule has 2 saturated heterocycles. The first-order valence-electron chi connectivity index (χ1n) is 7.07. The molecular formula is C12H20O12. The largest absolute Gasteiger partial charge is 0.479 e. The van der Waals surface area contributed by atoms with Crippen LogP contribution >= 0.6 is 0 Å². The van der Waals surface area contributed by atoms with Crippen LogP contribution in [0.5, 0.6) is 0 Å². The van der Waals surface area contributed by atoms with E-state index in [0.717, 1.165) is 0 Å². The monoisotopic (exact) mass is 356 g/mol. The molecule has 0 bridgehead atoms. The van der Waals surface area contributed by atoms with Gasteiger partial charge in [0.25, 0.3) is 0 Å². The van der Waals surface area contributed by atoms with Crippen molar-refractivity contribution in [2.45, 2.75) is 61.4 Å². The number of ether oxygens (including phenoxy) is 3. The average molecular weight is 356 g/mol. The van der Waals surface area contributed by atoms with Crippen molar-refractivity contribution >= 4 is 5.97 Å². The predicted octanol–water partition coefficient (Wildman–Crippen LogP) is -5.30. The van der Waals surface area contributed by atoms with Gasteiger partial charge >= 0.3 is 5.97 Å². The number of aliphatic hydroxyl groups is 7. The van der Waals surface area contributed by atoms with Gasteiger partial charge in [0.2, 0.25) is 0 Å². The Labute approximate surface area is 135 Å². The van der Waals surface area contributed by atoms with Crippen molar-refractivity contribution in [2.24, 2.45) is 0 Å².